The average molecular weight is 397 g/mol. The van der Waals surface area contributed by atoms with Gasteiger partial charge in [0.2, 0.25) is 0 Å². The molecule has 4 atom stereocenters. The lowest BCUT2D eigenvalue weighted by atomic mass is 9.92. The summed E-state index contributed by atoms with van der Waals surface area (Å²) in [4.78, 5) is 10.6. The molecule has 0 aromatic heterocycles. The molecule has 0 unspecified atom stereocenters. The standard InChI is InChI=1S/C23H40O5/c1-4-5-10-17(2)15-18(24)13-14-19-20(22(28-3)16-21(19)25)11-8-6-7-9-12-23(26)27/h13-14,17-19,21,24-25H,4-12,15-16H2,1-3H3,(H,26,27)/b14-13+/t17-,18-,19-,21-/m1/s1. The molecule has 0 saturated carbocycles. The van der Waals surface area contributed by atoms with E-state index in [9.17, 15) is 15.0 Å². The fourth-order valence-corrected chi connectivity index (χ4v) is 3.99. The molecule has 0 fully saturated rings. The quantitative estimate of drug-likeness (QED) is 0.273. The van der Waals surface area contributed by atoms with Gasteiger partial charge >= 0.3 is 5.97 Å². The largest absolute Gasteiger partial charge is 0.501 e. The van der Waals surface area contributed by atoms with Crippen LogP contribution in [0, 0.1) is 11.8 Å². The van der Waals surface area contributed by atoms with Gasteiger partial charge in [0.15, 0.2) is 0 Å². The highest BCUT2D eigenvalue weighted by Crippen LogP contribution is 2.37. The van der Waals surface area contributed by atoms with E-state index in [0.717, 1.165) is 49.9 Å². The van der Waals surface area contributed by atoms with Gasteiger partial charge in [0.1, 0.15) is 0 Å². The molecule has 0 saturated heterocycles. The van der Waals surface area contributed by atoms with Crippen LogP contribution in [0.2, 0.25) is 0 Å². The van der Waals surface area contributed by atoms with Crippen LogP contribution >= 0.6 is 0 Å². The molecule has 28 heavy (non-hydrogen) atoms. The molecule has 1 aliphatic carbocycles. The first-order valence-electron chi connectivity index (χ1n) is 10.9. The van der Waals surface area contributed by atoms with Crippen molar-refractivity contribution in [2.24, 2.45) is 11.8 Å². The lowest BCUT2D eigenvalue weighted by Gasteiger charge is -2.17. The van der Waals surface area contributed by atoms with Crippen LogP contribution in [-0.2, 0) is 9.53 Å². The summed E-state index contributed by atoms with van der Waals surface area (Å²) in [5.41, 5.74) is 1.12. The molecule has 0 bridgehead atoms. The van der Waals surface area contributed by atoms with E-state index >= 15 is 0 Å². The van der Waals surface area contributed by atoms with E-state index in [2.05, 4.69) is 13.8 Å². The Labute approximate surface area is 170 Å². The van der Waals surface area contributed by atoms with Crippen LogP contribution in [0.5, 0.6) is 0 Å². The molecule has 0 spiro atoms. The van der Waals surface area contributed by atoms with Gasteiger partial charge in [-0.1, -0.05) is 58.1 Å². The maximum absolute atomic E-state index is 10.6. The zero-order valence-electron chi connectivity index (χ0n) is 17.9. The summed E-state index contributed by atoms with van der Waals surface area (Å²) in [5, 5.41) is 29.5. The molecular weight excluding hydrogens is 356 g/mol. The first kappa shape index (κ1) is 24.7. The fourth-order valence-electron chi connectivity index (χ4n) is 3.99. The maximum Gasteiger partial charge on any atom is 0.303 e. The van der Waals surface area contributed by atoms with Crippen LogP contribution in [0.3, 0.4) is 0 Å². The van der Waals surface area contributed by atoms with Crippen LogP contribution < -0.4 is 0 Å². The van der Waals surface area contributed by atoms with E-state index in [-0.39, 0.29) is 12.3 Å². The van der Waals surface area contributed by atoms with E-state index < -0.39 is 18.2 Å². The summed E-state index contributed by atoms with van der Waals surface area (Å²) in [7, 11) is 1.64. The summed E-state index contributed by atoms with van der Waals surface area (Å²) in [6, 6.07) is 0. The van der Waals surface area contributed by atoms with Crippen molar-refractivity contribution in [1.29, 1.82) is 0 Å². The third-order valence-corrected chi connectivity index (χ3v) is 5.64. The van der Waals surface area contributed by atoms with Crippen molar-refractivity contribution < 1.29 is 24.9 Å². The minimum Gasteiger partial charge on any atom is -0.501 e. The smallest absolute Gasteiger partial charge is 0.303 e. The zero-order chi connectivity index (χ0) is 20.9. The summed E-state index contributed by atoms with van der Waals surface area (Å²) in [6.07, 6.45) is 12.2. The highest BCUT2D eigenvalue weighted by molar-refractivity contribution is 5.66. The second kappa shape index (κ2) is 13.8. The second-order valence-corrected chi connectivity index (χ2v) is 8.19. The predicted octanol–water partition coefficient (Wildman–Crippen LogP) is 4.83. The van der Waals surface area contributed by atoms with Gasteiger partial charge in [0.25, 0.3) is 0 Å². The minimum atomic E-state index is -0.740. The number of aliphatic carboxylic acids is 1. The number of aliphatic hydroxyl groups is 2. The molecule has 5 nitrogen and oxygen atoms in total. The Bertz CT molecular complexity index is 511. The summed E-state index contributed by atoms with van der Waals surface area (Å²) in [5.74, 6) is 0.507. The number of carboxylic acid groups (broad SMARTS) is 1. The van der Waals surface area contributed by atoms with Gasteiger partial charge in [0.05, 0.1) is 25.1 Å². The van der Waals surface area contributed by atoms with E-state index in [1.807, 2.05) is 12.2 Å². The minimum absolute atomic E-state index is 0.102. The van der Waals surface area contributed by atoms with Gasteiger partial charge in [-0.05, 0) is 37.2 Å². The Balaban J connectivity index is 2.54. The van der Waals surface area contributed by atoms with Crippen molar-refractivity contribution in [1.82, 2.24) is 0 Å². The molecule has 0 radical (unpaired) electrons. The molecule has 0 heterocycles. The molecule has 5 heteroatoms. The Hall–Kier alpha value is -1.33. The highest BCUT2D eigenvalue weighted by atomic mass is 16.5. The Morgan fingerprint density at radius 3 is 2.61 bits per heavy atom. The third-order valence-electron chi connectivity index (χ3n) is 5.64. The lowest BCUT2D eigenvalue weighted by Crippen LogP contribution is -2.16. The van der Waals surface area contributed by atoms with Crippen LogP contribution in [0.15, 0.2) is 23.5 Å². The van der Waals surface area contributed by atoms with Crippen molar-refractivity contribution in [2.45, 2.75) is 96.7 Å². The average Bonchev–Trinajstić information content (AvgIpc) is 2.95. The first-order chi connectivity index (χ1) is 13.4. The Morgan fingerprint density at radius 2 is 1.96 bits per heavy atom. The monoisotopic (exact) mass is 396 g/mol. The third kappa shape index (κ3) is 9.24. The van der Waals surface area contributed by atoms with Crippen LogP contribution in [-0.4, -0.2) is 40.6 Å². The molecule has 3 N–H and O–H groups in total. The highest BCUT2D eigenvalue weighted by Gasteiger charge is 2.32. The van der Waals surface area contributed by atoms with Crippen molar-refractivity contribution in [3.05, 3.63) is 23.5 Å². The van der Waals surface area contributed by atoms with E-state index in [0.29, 0.717) is 18.8 Å². The molecular formula is C23H40O5. The summed E-state index contributed by atoms with van der Waals surface area (Å²) >= 11 is 0. The lowest BCUT2D eigenvalue weighted by molar-refractivity contribution is -0.137. The molecule has 0 aromatic rings. The zero-order valence-corrected chi connectivity index (χ0v) is 17.9. The van der Waals surface area contributed by atoms with Gasteiger partial charge in [-0.3, -0.25) is 4.79 Å². The topological polar surface area (TPSA) is 87.0 Å². The van der Waals surface area contributed by atoms with Crippen LogP contribution in [0.1, 0.15) is 84.5 Å². The van der Waals surface area contributed by atoms with Crippen molar-refractivity contribution >= 4 is 5.97 Å². The van der Waals surface area contributed by atoms with Crippen molar-refractivity contribution in [3.8, 4) is 0 Å². The SMILES string of the molecule is CCCC[C@@H](C)C[C@H](O)/C=C/[C@@H]1C(CCCCCCC(=O)O)=C(OC)C[C@H]1O. The first-order valence-corrected chi connectivity index (χ1v) is 10.9. The number of hydrogen-bond acceptors (Lipinski definition) is 4. The molecule has 1 aliphatic rings. The number of methoxy groups -OCH3 is 1. The van der Waals surface area contributed by atoms with Gasteiger partial charge in [-0.25, -0.2) is 0 Å². The molecule has 0 aromatic carbocycles. The summed E-state index contributed by atoms with van der Waals surface area (Å²) < 4.78 is 5.50. The molecule has 162 valence electrons. The number of carbonyl (C=O) groups is 1. The second-order valence-electron chi connectivity index (χ2n) is 8.19. The normalized spacial score (nSPS) is 22.0. The summed E-state index contributed by atoms with van der Waals surface area (Å²) in [6.45, 7) is 4.35. The number of unbranched alkanes of at least 4 members (excludes halogenated alkanes) is 4. The maximum atomic E-state index is 10.6. The number of ether oxygens (including phenoxy) is 1. The fraction of sp³-hybridized carbons (Fsp3) is 0.783. The van der Waals surface area contributed by atoms with Gasteiger partial charge in [0, 0.05) is 18.8 Å². The number of hydrogen-bond donors (Lipinski definition) is 3. The van der Waals surface area contributed by atoms with E-state index in [1.54, 1.807) is 7.11 Å². The van der Waals surface area contributed by atoms with E-state index in [1.165, 1.54) is 12.8 Å². The van der Waals surface area contributed by atoms with Crippen molar-refractivity contribution in [2.75, 3.05) is 7.11 Å². The molecule has 1 rings (SSSR count). The predicted molar refractivity (Wildman–Crippen MR) is 112 cm³/mol. The molecule has 0 amide bonds. The number of rotatable bonds is 15. The van der Waals surface area contributed by atoms with Crippen LogP contribution in [0.4, 0.5) is 0 Å². The van der Waals surface area contributed by atoms with Gasteiger partial charge in [-0.15, -0.1) is 0 Å². The molecule has 0 aliphatic heterocycles. The van der Waals surface area contributed by atoms with Crippen molar-refractivity contribution in [3.63, 3.8) is 0 Å². The number of aliphatic hydroxyl groups excluding tert-OH is 2. The van der Waals surface area contributed by atoms with E-state index in [4.69, 9.17) is 9.84 Å². The van der Waals surface area contributed by atoms with Gasteiger partial charge in [-0.2, -0.15) is 0 Å². The Morgan fingerprint density at radius 1 is 1.25 bits per heavy atom. The Kier molecular flexibility index (Phi) is 12.2. The van der Waals surface area contributed by atoms with Gasteiger partial charge < -0.3 is 20.1 Å². The van der Waals surface area contributed by atoms with Crippen LogP contribution in [0.25, 0.3) is 0 Å². The number of carboxylic acids is 1.